The lowest BCUT2D eigenvalue weighted by atomic mass is 10.1. The van der Waals surface area contributed by atoms with Gasteiger partial charge in [-0.2, -0.15) is 0 Å². The Bertz CT molecular complexity index is 1010. The van der Waals surface area contributed by atoms with Gasteiger partial charge in [-0.15, -0.1) is 0 Å². The lowest BCUT2D eigenvalue weighted by Gasteiger charge is -2.07. The second-order valence-electron chi connectivity index (χ2n) is 5.67. The van der Waals surface area contributed by atoms with Crippen LogP contribution in [0.15, 0.2) is 72.8 Å². The van der Waals surface area contributed by atoms with Gasteiger partial charge in [-0.1, -0.05) is 18.2 Å². The van der Waals surface area contributed by atoms with Crippen LogP contribution in [0.4, 0.5) is 10.1 Å². The second kappa shape index (κ2) is 8.05. The average Bonchev–Trinajstić information content (AvgIpc) is 2.67. The molecule has 134 valence electrons. The van der Waals surface area contributed by atoms with E-state index < -0.39 is 11.9 Å². The van der Waals surface area contributed by atoms with E-state index in [-0.39, 0.29) is 11.5 Å². The van der Waals surface area contributed by atoms with E-state index in [4.69, 9.17) is 5.11 Å². The van der Waals surface area contributed by atoms with Crippen LogP contribution in [0, 0.1) is 5.82 Å². The molecule has 0 aliphatic heterocycles. The molecule has 2 aromatic carbocycles. The van der Waals surface area contributed by atoms with Crippen molar-refractivity contribution in [1.82, 2.24) is 4.98 Å². The molecule has 2 N–H and O–H groups in total. The molecule has 0 fully saturated rings. The maximum absolute atomic E-state index is 13.1. The van der Waals surface area contributed by atoms with Gasteiger partial charge < -0.3 is 10.4 Å². The highest BCUT2D eigenvalue weighted by molar-refractivity contribution is 6.03. The van der Waals surface area contributed by atoms with Crippen molar-refractivity contribution in [2.24, 2.45) is 0 Å². The first-order valence-corrected chi connectivity index (χ1v) is 8.07. The molecule has 0 aliphatic carbocycles. The number of hydrogen-bond donors (Lipinski definition) is 2. The molecule has 0 unspecified atom stereocenters. The van der Waals surface area contributed by atoms with Crippen LogP contribution >= 0.6 is 0 Å². The van der Waals surface area contributed by atoms with Gasteiger partial charge in [0, 0.05) is 17.3 Å². The molecule has 1 amide bonds. The van der Waals surface area contributed by atoms with Gasteiger partial charge in [-0.25, -0.2) is 14.2 Å². The number of nitrogens with zero attached hydrogens (tertiary/aromatic N) is 1. The Kier molecular flexibility index (Phi) is 5.37. The predicted molar refractivity (Wildman–Crippen MR) is 101 cm³/mol. The summed E-state index contributed by atoms with van der Waals surface area (Å²) in [6.45, 7) is 0. The summed E-state index contributed by atoms with van der Waals surface area (Å²) in [5.41, 5.74) is 2.63. The van der Waals surface area contributed by atoms with Crippen molar-refractivity contribution in [2.75, 3.05) is 5.32 Å². The van der Waals surface area contributed by atoms with E-state index in [0.717, 1.165) is 6.08 Å². The minimum Gasteiger partial charge on any atom is -0.478 e. The monoisotopic (exact) mass is 362 g/mol. The fraction of sp³-hybridized carbons (Fsp3) is 0. The zero-order valence-electron chi connectivity index (χ0n) is 14.1. The molecule has 6 heteroatoms. The number of halogens is 1. The number of carboxylic acid groups (broad SMARTS) is 1. The summed E-state index contributed by atoms with van der Waals surface area (Å²) in [5, 5.41) is 11.4. The average molecular weight is 362 g/mol. The number of rotatable bonds is 5. The topological polar surface area (TPSA) is 79.3 Å². The number of carboxylic acids is 1. The molecule has 0 spiro atoms. The maximum Gasteiger partial charge on any atom is 0.328 e. The largest absolute Gasteiger partial charge is 0.478 e. The van der Waals surface area contributed by atoms with E-state index in [1.54, 1.807) is 54.6 Å². The number of carbonyl (C=O) groups excluding carboxylic acids is 1. The molecule has 0 saturated carbocycles. The van der Waals surface area contributed by atoms with Crippen LogP contribution in [0.5, 0.6) is 0 Å². The SMILES string of the molecule is O=C(O)C=Cc1cccc(NC(=O)c2cccc(-c3ccc(F)cc3)n2)c1. The first-order chi connectivity index (χ1) is 13.0. The Morgan fingerprint density at radius 3 is 2.48 bits per heavy atom. The fourth-order valence-corrected chi connectivity index (χ4v) is 2.43. The Morgan fingerprint density at radius 2 is 1.74 bits per heavy atom. The van der Waals surface area contributed by atoms with E-state index in [1.165, 1.54) is 18.2 Å². The Morgan fingerprint density at radius 1 is 1.00 bits per heavy atom. The first-order valence-electron chi connectivity index (χ1n) is 8.07. The van der Waals surface area contributed by atoms with Gasteiger partial charge in [0.15, 0.2) is 0 Å². The van der Waals surface area contributed by atoms with Gasteiger partial charge in [0.05, 0.1) is 5.69 Å². The molecule has 3 rings (SSSR count). The van der Waals surface area contributed by atoms with Crippen molar-refractivity contribution in [1.29, 1.82) is 0 Å². The number of aromatic nitrogens is 1. The highest BCUT2D eigenvalue weighted by Crippen LogP contribution is 2.18. The number of nitrogens with one attached hydrogen (secondary N) is 1. The summed E-state index contributed by atoms with van der Waals surface area (Å²) < 4.78 is 13.1. The molecule has 1 heterocycles. The van der Waals surface area contributed by atoms with E-state index in [0.29, 0.717) is 22.5 Å². The number of hydrogen-bond acceptors (Lipinski definition) is 3. The van der Waals surface area contributed by atoms with Crippen molar-refractivity contribution in [3.05, 3.63) is 89.9 Å². The highest BCUT2D eigenvalue weighted by atomic mass is 19.1. The molecule has 0 atom stereocenters. The van der Waals surface area contributed by atoms with Gasteiger partial charge in [0.1, 0.15) is 11.5 Å². The second-order valence-corrected chi connectivity index (χ2v) is 5.67. The smallest absolute Gasteiger partial charge is 0.328 e. The van der Waals surface area contributed by atoms with Gasteiger partial charge in [-0.3, -0.25) is 4.79 Å². The molecule has 0 radical (unpaired) electrons. The Hall–Kier alpha value is -3.80. The van der Waals surface area contributed by atoms with Crippen LogP contribution in [0.1, 0.15) is 16.1 Å². The lowest BCUT2D eigenvalue weighted by molar-refractivity contribution is -0.131. The van der Waals surface area contributed by atoms with Gasteiger partial charge in [0.2, 0.25) is 0 Å². The maximum atomic E-state index is 13.1. The zero-order valence-corrected chi connectivity index (χ0v) is 14.1. The standard InChI is InChI=1S/C21H15FN2O3/c22-16-10-8-15(9-11-16)18-5-2-6-19(24-18)21(27)23-17-4-1-3-14(13-17)7-12-20(25)26/h1-13H,(H,23,27)(H,25,26). The van der Waals surface area contributed by atoms with Crippen LogP contribution in [0.25, 0.3) is 17.3 Å². The van der Waals surface area contributed by atoms with Crippen molar-refractivity contribution in [3.63, 3.8) is 0 Å². The highest BCUT2D eigenvalue weighted by Gasteiger charge is 2.10. The molecule has 1 aromatic heterocycles. The van der Waals surface area contributed by atoms with Gasteiger partial charge >= 0.3 is 5.97 Å². The molecule has 0 saturated heterocycles. The van der Waals surface area contributed by atoms with E-state index in [2.05, 4.69) is 10.3 Å². The number of benzene rings is 2. The molecular formula is C21H15FN2O3. The Labute approximate surface area is 154 Å². The first kappa shape index (κ1) is 18.0. The third kappa shape index (κ3) is 4.85. The molecule has 5 nitrogen and oxygen atoms in total. The summed E-state index contributed by atoms with van der Waals surface area (Å²) in [7, 11) is 0. The minimum atomic E-state index is -1.05. The predicted octanol–water partition coefficient (Wildman–Crippen LogP) is 4.24. The number of aliphatic carboxylic acids is 1. The van der Waals surface area contributed by atoms with Crippen LogP contribution in [0.3, 0.4) is 0 Å². The van der Waals surface area contributed by atoms with Crippen LogP contribution in [-0.2, 0) is 4.79 Å². The van der Waals surface area contributed by atoms with Crippen molar-refractivity contribution in [3.8, 4) is 11.3 Å². The van der Waals surface area contributed by atoms with Crippen molar-refractivity contribution >= 4 is 23.6 Å². The summed E-state index contributed by atoms with van der Waals surface area (Å²) in [5.74, 6) is -1.80. The van der Waals surface area contributed by atoms with Crippen molar-refractivity contribution in [2.45, 2.75) is 0 Å². The number of amides is 1. The molecular weight excluding hydrogens is 347 g/mol. The summed E-state index contributed by atoms with van der Waals surface area (Å²) in [6, 6.07) is 17.7. The quantitative estimate of drug-likeness (QED) is 0.666. The third-order valence-corrected chi connectivity index (χ3v) is 3.68. The number of carbonyl (C=O) groups is 2. The van der Waals surface area contributed by atoms with Crippen LogP contribution in [0.2, 0.25) is 0 Å². The van der Waals surface area contributed by atoms with Crippen molar-refractivity contribution < 1.29 is 19.1 Å². The normalized spacial score (nSPS) is 10.7. The third-order valence-electron chi connectivity index (χ3n) is 3.68. The molecule has 27 heavy (non-hydrogen) atoms. The number of anilines is 1. The zero-order chi connectivity index (χ0) is 19.2. The summed E-state index contributed by atoms with van der Waals surface area (Å²) in [6.07, 6.45) is 2.46. The molecule has 3 aromatic rings. The number of pyridine rings is 1. The van der Waals surface area contributed by atoms with Gasteiger partial charge in [-0.05, 0) is 60.2 Å². The Balaban J connectivity index is 1.79. The molecule has 0 aliphatic rings. The van der Waals surface area contributed by atoms with Gasteiger partial charge in [0.25, 0.3) is 5.91 Å². The van der Waals surface area contributed by atoms with E-state index in [9.17, 15) is 14.0 Å². The lowest BCUT2D eigenvalue weighted by Crippen LogP contribution is -2.13. The summed E-state index contributed by atoms with van der Waals surface area (Å²) in [4.78, 5) is 27.4. The fourth-order valence-electron chi connectivity index (χ4n) is 2.43. The van der Waals surface area contributed by atoms with E-state index in [1.807, 2.05) is 0 Å². The van der Waals surface area contributed by atoms with Crippen LogP contribution < -0.4 is 5.32 Å². The minimum absolute atomic E-state index is 0.211. The van der Waals surface area contributed by atoms with E-state index >= 15 is 0 Å². The van der Waals surface area contributed by atoms with Crippen LogP contribution in [-0.4, -0.2) is 22.0 Å². The summed E-state index contributed by atoms with van der Waals surface area (Å²) >= 11 is 0. The molecule has 0 bridgehead atoms.